The summed E-state index contributed by atoms with van der Waals surface area (Å²) in [7, 11) is 0. The topological polar surface area (TPSA) is 85.7 Å². The molecule has 0 radical (unpaired) electrons. The van der Waals surface area contributed by atoms with Crippen molar-refractivity contribution in [2.75, 3.05) is 18.0 Å². The third-order valence-corrected chi connectivity index (χ3v) is 4.13. The Kier molecular flexibility index (Phi) is 5.18. The van der Waals surface area contributed by atoms with Crippen LogP contribution in [0.5, 0.6) is 11.5 Å². The number of anilines is 1. The van der Waals surface area contributed by atoms with Gasteiger partial charge in [0.25, 0.3) is 0 Å². The van der Waals surface area contributed by atoms with Crippen LogP contribution in [0.2, 0.25) is 0 Å². The van der Waals surface area contributed by atoms with Gasteiger partial charge in [0.15, 0.2) is 11.5 Å². The maximum atomic E-state index is 11.9. The van der Waals surface area contributed by atoms with Gasteiger partial charge in [0.2, 0.25) is 5.91 Å². The van der Waals surface area contributed by atoms with Crippen molar-refractivity contribution in [3.8, 4) is 11.5 Å². The van der Waals surface area contributed by atoms with Crippen LogP contribution in [-0.2, 0) is 11.3 Å². The van der Waals surface area contributed by atoms with Gasteiger partial charge in [0.05, 0.1) is 0 Å². The van der Waals surface area contributed by atoms with E-state index in [9.17, 15) is 15.0 Å². The van der Waals surface area contributed by atoms with Gasteiger partial charge in [-0.1, -0.05) is 12.1 Å². The molecular weight excluding hydrogens is 318 g/mol. The van der Waals surface area contributed by atoms with Gasteiger partial charge in [0.1, 0.15) is 5.82 Å². The Morgan fingerprint density at radius 2 is 1.96 bits per heavy atom. The lowest BCUT2D eigenvalue weighted by Crippen LogP contribution is -2.21. The Morgan fingerprint density at radius 3 is 2.64 bits per heavy atom. The molecule has 6 heteroatoms. The van der Waals surface area contributed by atoms with Crippen molar-refractivity contribution in [1.29, 1.82) is 0 Å². The van der Waals surface area contributed by atoms with Gasteiger partial charge in [-0.2, -0.15) is 0 Å². The number of benzene rings is 1. The third-order valence-electron chi connectivity index (χ3n) is 4.13. The second-order valence-electron chi connectivity index (χ2n) is 6.02. The van der Waals surface area contributed by atoms with Crippen LogP contribution >= 0.6 is 0 Å². The van der Waals surface area contributed by atoms with Gasteiger partial charge < -0.3 is 20.4 Å². The van der Waals surface area contributed by atoms with Crippen LogP contribution < -0.4 is 10.2 Å². The number of pyridine rings is 1. The second kappa shape index (κ2) is 7.70. The normalized spacial score (nSPS) is 14.2. The Hall–Kier alpha value is -3.02. The third kappa shape index (κ3) is 4.50. The van der Waals surface area contributed by atoms with E-state index < -0.39 is 0 Å². The lowest BCUT2D eigenvalue weighted by molar-refractivity contribution is -0.116. The minimum Gasteiger partial charge on any atom is -0.504 e. The molecule has 2 heterocycles. The van der Waals surface area contributed by atoms with E-state index in [2.05, 4.69) is 15.2 Å². The number of phenols is 2. The fourth-order valence-corrected chi connectivity index (χ4v) is 2.72. The molecule has 0 aliphatic carbocycles. The molecule has 0 atom stereocenters. The molecule has 3 N–H and O–H groups in total. The van der Waals surface area contributed by atoms with Crippen molar-refractivity contribution in [3.63, 3.8) is 0 Å². The van der Waals surface area contributed by atoms with Crippen molar-refractivity contribution in [2.45, 2.75) is 19.4 Å². The number of carbonyl (C=O) groups excluding carboxylic acids is 1. The van der Waals surface area contributed by atoms with Gasteiger partial charge >= 0.3 is 0 Å². The number of nitrogens with zero attached hydrogens (tertiary/aromatic N) is 2. The quantitative estimate of drug-likeness (QED) is 0.575. The van der Waals surface area contributed by atoms with Crippen molar-refractivity contribution in [3.05, 3.63) is 53.7 Å². The number of hydrogen-bond donors (Lipinski definition) is 3. The summed E-state index contributed by atoms with van der Waals surface area (Å²) < 4.78 is 0. The highest BCUT2D eigenvalue weighted by molar-refractivity contribution is 5.91. The zero-order valence-electron chi connectivity index (χ0n) is 13.9. The Balaban J connectivity index is 1.51. The minimum absolute atomic E-state index is 0.188. The minimum atomic E-state index is -0.240. The number of aromatic nitrogens is 1. The van der Waals surface area contributed by atoms with Gasteiger partial charge in [-0.15, -0.1) is 0 Å². The molecule has 1 amide bonds. The monoisotopic (exact) mass is 339 g/mol. The van der Waals surface area contributed by atoms with Crippen molar-refractivity contribution < 1.29 is 15.0 Å². The van der Waals surface area contributed by atoms with E-state index in [1.54, 1.807) is 18.3 Å². The maximum absolute atomic E-state index is 11.9. The smallest absolute Gasteiger partial charge is 0.244 e. The fourth-order valence-electron chi connectivity index (χ4n) is 2.72. The van der Waals surface area contributed by atoms with Crippen LogP contribution in [0.3, 0.4) is 0 Å². The molecule has 0 saturated carbocycles. The number of phenolic OH excluding ortho intramolecular Hbond substituents is 2. The summed E-state index contributed by atoms with van der Waals surface area (Å²) in [6.07, 6.45) is 7.17. The molecule has 2 aromatic rings. The standard InChI is InChI=1S/C19H21N3O3/c23-16-6-3-14(11-17(16)24)5-8-19(25)21-13-15-4-7-18(20-12-15)22-9-1-2-10-22/h3-8,11-12,23-24H,1-2,9-10,13H2,(H,21,25). The van der Waals surface area contributed by atoms with Gasteiger partial charge in [0, 0.05) is 31.9 Å². The van der Waals surface area contributed by atoms with Crippen LogP contribution in [0.25, 0.3) is 6.08 Å². The average Bonchev–Trinajstić information content (AvgIpc) is 3.16. The molecule has 25 heavy (non-hydrogen) atoms. The zero-order chi connectivity index (χ0) is 17.6. The number of amides is 1. The summed E-state index contributed by atoms with van der Waals surface area (Å²) in [6, 6.07) is 8.34. The van der Waals surface area contributed by atoms with Gasteiger partial charge in [-0.05, 0) is 48.2 Å². The van der Waals surface area contributed by atoms with E-state index in [-0.39, 0.29) is 17.4 Å². The number of nitrogens with one attached hydrogen (secondary N) is 1. The molecule has 1 aliphatic heterocycles. The highest BCUT2D eigenvalue weighted by Gasteiger charge is 2.12. The van der Waals surface area contributed by atoms with Crippen LogP contribution in [-0.4, -0.2) is 34.2 Å². The van der Waals surface area contributed by atoms with Crippen LogP contribution in [0.1, 0.15) is 24.0 Å². The molecule has 1 aromatic carbocycles. The Bertz CT molecular complexity index is 766. The number of aromatic hydroxyl groups is 2. The second-order valence-corrected chi connectivity index (χ2v) is 6.02. The van der Waals surface area contributed by atoms with Crippen molar-refractivity contribution >= 4 is 17.8 Å². The lowest BCUT2D eigenvalue weighted by Gasteiger charge is -2.16. The van der Waals surface area contributed by atoms with E-state index in [1.807, 2.05) is 12.1 Å². The van der Waals surface area contributed by atoms with Crippen LogP contribution in [0.15, 0.2) is 42.6 Å². The van der Waals surface area contributed by atoms with E-state index >= 15 is 0 Å². The maximum Gasteiger partial charge on any atom is 0.244 e. The summed E-state index contributed by atoms with van der Waals surface area (Å²) >= 11 is 0. The number of carbonyl (C=O) groups is 1. The lowest BCUT2D eigenvalue weighted by atomic mass is 10.2. The number of rotatable bonds is 5. The summed E-state index contributed by atoms with van der Waals surface area (Å²) in [5.41, 5.74) is 1.56. The summed E-state index contributed by atoms with van der Waals surface area (Å²) in [6.45, 7) is 2.51. The largest absolute Gasteiger partial charge is 0.504 e. The first-order valence-electron chi connectivity index (χ1n) is 8.29. The molecule has 0 unspecified atom stereocenters. The molecule has 1 aliphatic rings. The molecule has 6 nitrogen and oxygen atoms in total. The molecule has 3 rings (SSSR count). The van der Waals surface area contributed by atoms with Crippen LogP contribution in [0.4, 0.5) is 5.82 Å². The summed E-state index contributed by atoms with van der Waals surface area (Å²) in [5.74, 6) is 0.342. The molecule has 1 saturated heterocycles. The molecule has 0 spiro atoms. The van der Waals surface area contributed by atoms with E-state index in [4.69, 9.17) is 0 Å². The first-order chi connectivity index (χ1) is 12.1. The summed E-state index contributed by atoms with van der Waals surface area (Å²) in [4.78, 5) is 18.6. The molecule has 130 valence electrons. The fraction of sp³-hybridized carbons (Fsp3) is 0.263. The van der Waals surface area contributed by atoms with Crippen molar-refractivity contribution in [1.82, 2.24) is 10.3 Å². The first-order valence-corrected chi connectivity index (χ1v) is 8.29. The van der Waals surface area contributed by atoms with Crippen molar-refractivity contribution in [2.24, 2.45) is 0 Å². The highest BCUT2D eigenvalue weighted by atomic mass is 16.3. The predicted octanol–water partition coefficient (Wildman–Crippen LogP) is 2.42. The van der Waals surface area contributed by atoms with Gasteiger partial charge in [-0.3, -0.25) is 4.79 Å². The Morgan fingerprint density at radius 1 is 1.16 bits per heavy atom. The van der Waals surface area contributed by atoms with Crippen LogP contribution in [0, 0.1) is 0 Å². The Labute approximate surface area is 146 Å². The molecule has 1 aromatic heterocycles. The SMILES string of the molecule is O=C(C=Cc1ccc(O)c(O)c1)NCc1ccc(N2CCCC2)nc1. The van der Waals surface area contributed by atoms with E-state index in [1.165, 1.54) is 31.1 Å². The van der Waals surface area contributed by atoms with Gasteiger partial charge in [-0.25, -0.2) is 4.98 Å². The molecule has 0 bridgehead atoms. The van der Waals surface area contributed by atoms with E-state index in [0.717, 1.165) is 24.5 Å². The first kappa shape index (κ1) is 16.8. The zero-order valence-corrected chi connectivity index (χ0v) is 13.9. The number of hydrogen-bond acceptors (Lipinski definition) is 5. The highest BCUT2D eigenvalue weighted by Crippen LogP contribution is 2.25. The summed E-state index contributed by atoms with van der Waals surface area (Å²) in [5, 5.41) is 21.5. The molecular formula is C19H21N3O3. The average molecular weight is 339 g/mol. The van der Waals surface area contributed by atoms with E-state index in [0.29, 0.717) is 12.1 Å². The predicted molar refractivity (Wildman–Crippen MR) is 96.3 cm³/mol. The molecule has 1 fully saturated rings.